The first kappa shape index (κ1) is 19.0. The zero-order valence-electron chi connectivity index (χ0n) is 12.8. The molecule has 0 saturated heterocycles. The fourth-order valence-corrected chi connectivity index (χ4v) is 3.92. The van der Waals surface area contributed by atoms with Crippen molar-refractivity contribution in [1.29, 1.82) is 0 Å². The molecule has 0 heterocycles. The van der Waals surface area contributed by atoms with Gasteiger partial charge in [0.2, 0.25) is 0 Å². The van der Waals surface area contributed by atoms with E-state index in [0.717, 1.165) is 13.3 Å². The minimum atomic E-state index is -3.90. The van der Waals surface area contributed by atoms with Crippen LogP contribution in [0.4, 0.5) is 5.69 Å². The number of hydrogen-bond donors (Lipinski definition) is 0. The van der Waals surface area contributed by atoms with Gasteiger partial charge in [0.1, 0.15) is 6.54 Å². The zero-order valence-corrected chi connectivity index (χ0v) is 16.8. The van der Waals surface area contributed by atoms with Crippen LogP contribution in [0.5, 0.6) is 0 Å². The van der Waals surface area contributed by atoms with Gasteiger partial charge < -0.3 is 4.74 Å². The van der Waals surface area contributed by atoms with Crippen LogP contribution in [0.2, 0.25) is 0 Å². The van der Waals surface area contributed by atoms with Crippen molar-refractivity contribution >= 4 is 53.5 Å². The molecule has 0 radical (unpaired) electrons. The van der Waals surface area contributed by atoms with Crippen LogP contribution in [0, 0.1) is 0 Å². The molecule has 0 unspecified atom stereocenters. The number of esters is 1. The van der Waals surface area contributed by atoms with E-state index in [9.17, 15) is 13.2 Å². The van der Waals surface area contributed by atoms with Crippen LogP contribution in [0.15, 0.2) is 62.4 Å². The van der Waals surface area contributed by atoms with Gasteiger partial charge in [-0.15, -0.1) is 0 Å². The third kappa shape index (κ3) is 4.58. The van der Waals surface area contributed by atoms with Gasteiger partial charge in [0.25, 0.3) is 10.0 Å². The number of sulfonamides is 1. The first-order valence-corrected chi connectivity index (χ1v) is 10.1. The third-order valence-electron chi connectivity index (χ3n) is 3.09. The van der Waals surface area contributed by atoms with E-state index < -0.39 is 22.5 Å². The van der Waals surface area contributed by atoms with E-state index >= 15 is 0 Å². The maximum atomic E-state index is 13.0. The molecule has 0 spiro atoms. The van der Waals surface area contributed by atoms with E-state index in [2.05, 4.69) is 31.9 Å². The van der Waals surface area contributed by atoms with Crippen LogP contribution >= 0.6 is 31.9 Å². The average Bonchev–Trinajstić information content (AvgIpc) is 2.54. The molecular weight excluding hydrogens is 462 g/mol. The number of benzene rings is 2. The summed E-state index contributed by atoms with van der Waals surface area (Å²) >= 11 is 6.58. The summed E-state index contributed by atoms with van der Waals surface area (Å²) in [4.78, 5) is 12.0. The normalized spacial score (nSPS) is 11.1. The first-order chi connectivity index (χ1) is 11.3. The molecule has 2 aromatic carbocycles. The molecule has 2 rings (SSSR count). The van der Waals surface area contributed by atoms with Crippen molar-refractivity contribution in [1.82, 2.24) is 0 Å². The standard InChI is InChI=1S/C16H15Br2NO4S/c1-2-23-16(20)11-19(14-7-3-12(17)4-8-14)24(21,22)15-9-5-13(18)6-10-15/h3-10H,2,11H2,1H3. The van der Waals surface area contributed by atoms with Gasteiger partial charge in [0, 0.05) is 8.95 Å². The SMILES string of the molecule is CCOC(=O)CN(c1ccc(Br)cc1)S(=O)(=O)c1ccc(Br)cc1. The lowest BCUT2D eigenvalue weighted by atomic mass is 10.3. The Kier molecular flexibility index (Phi) is 6.42. The molecule has 2 aromatic rings. The lowest BCUT2D eigenvalue weighted by Gasteiger charge is -2.23. The zero-order chi connectivity index (χ0) is 17.7. The molecule has 0 N–H and O–H groups in total. The summed E-state index contributed by atoms with van der Waals surface area (Å²) < 4.78 is 33.4. The van der Waals surface area contributed by atoms with E-state index in [0.29, 0.717) is 5.69 Å². The molecule has 0 atom stereocenters. The van der Waals surface area contributed by atoms with Crippen LogP contribution in [-0.2, 0) is 19.6 Å². The number of nitrogens with zero attached hydrogens (tertiary/aromatic N) is 1. The summed E-state index contributed by atoms with van der Waals surface area (Å²) in [6.45, 7) is 1.46. The molecule has 0 saturated carbocycles. The second-order valence-corrected chi connectivity index (χ2v) is 8.44. The monoisotopic (exact) mass is 475 g/mol. The second-order valence-electron chi connectivity index (χ2n) is 4.75. The number of rotatable bonds is 6. The van der Waals surface area contributed by atoms with Crippen molar-refractivity contribution in [3.8, 4) is 0 Å². The molecule has 0 fully saturated rings. The highest BCUT2D eigenvalue weighted by molar-refractivity contribution is 9.10. The first-order valence-electron chi connectivity index (χ1n) is 7.04. The third-order valence-corrected chi connectivity index (χ3v) is 5.94. The van der Waals surface area contributed by atoms with E-state index in [-0.39, 0.29) is 11.5 Å². The second kappa shape index (κ2) is 8.13. The Balaban J connectivity index is 2.45. The Morgan fingerprint density at radius 1 is 1.00 bits per heavy atom. The number of carbonyl (C=O) groups is 1. The van der Waals surface area contributed by atoms with Crippen molar-refractivity contribution in [2.75, 3.05) is 17.5 Å². The fourth-order valence-electron chi connectivity index (χ4n) is 1.98. The number of ether oxygens (including phenoxy) is 1. The minimum absolute atomic E-state index is 0.0953. The van der Waals surface area contributed by atoms with Crippen molar-refractivity contribution in [3.63, 3.8) is 0 Å². The number of carbonyl (C=O) groups excluding carboxylic acids is 1. The fraction of sp³-hybridized carbons (Fsp3) is 0.188. The Morgan fingerprint density at radius 2 is 1.50 bits per heavy atom. The Labute approximate surface area is 157 Å². The van der Waals surface area contributed by atoms with E-state index in [1.807, 2.05) is 0 Å². The summed E-state index contributed by atoms with van der Waals surface area (Å²) in [5.74, 6) is -0.610. The maximum Gasteiger partial charge on any atom is 0.326 e. The van der Waals surface area contributed by atoms with Crippen molar-refractivity contribution in [2.45, 2.75) is 11.8 Å². The summed E-state index contributed by atoms with van der Waals surface area (Å²) in [7, 11) is -3.90. The largest absolute Gasteiger partial charge is 0.465 e. The van der Waals surface area contributed by atoms with Crippen LogP contribution in [0.3, 0.4) is 0 Å². The van der Waals surface area contributed by atoms with Crippen LogP contribution < -0.4 is 4.31 Å². The predicted molar refractivity (Wildman–Crippen MR) is 99.4 cm³/mol. The van der Waals surface area contributed by atoms with Crippen LogP contribution in [0.25, 0.3) is 0 Å². The van der Waals surface area contributed by atoms with Gasteiger partial charge in [-0.3, -0.25) is 9.10 Å². The van der Waals surface area contributed by atoms with Crippen molar-refractivity contribution in [3.05, 3.63) is 57.5 Å². The molecule has 0 bridgehead atoms. The molecule has 0 aliphatic rings. The van der Waals surface area contributed by atoms with E-state index in [4.69, 9.17) is 4.74 Å². The molecule has 128 valence electrons. The molecule has 0 aliphatic carbocycles. The minimum Gasteiger partial charge on any atom is -0.465 e. The van der Waals surface area contributed by atoms with Gasteiger partial charge >= 0.3 is 5.97 Å². The molecule has 0 amide bonds. The van der Waals surface area contributed by atoms with Gasteiger partial charge in [-0.2, -0.15) is 0 Å². The highest BCUT2D eigenvalue weighted by Crippen LogP contribution is 2.26. The highest BCUT2D eigenvalue weighted by Gasteiger charge is 2.27. The Hall–Kier alpha value is -1.38. The summed E-state index contributed by atoms with van der Waals surface area (Å²) in [5.41, 5.74) is 0.383. The lowest BCUT2D eigenvalue weighted by molar-refractivity contribution is -0.141. The quantitative estimate of drug-likeness (QED) is 0.591. The molecule has 24 heavy (non-hydrogen) atoms. The lowest BCUT2D eigenvalue weighted by Crippen LogP contribution is -2.36. The van der Waals surface area contributed by atoms with Gasteiger partial charge in [-0.1, -0.05) is 31.9 Å². The molecule has 0 aliphatic heterocycles. The van der Waals surface area contributed by atoms with Crippen LogP contribution in [0.1, 0.15) is 6.92 Å². The highest BCUT2D eigenvalue weighted by atomic mass is 79.9. The van der Waals surface area contributed by atoms with E-state index in [1.54, 1.807) is 43.3 Å². The van der Waals surface area contributed by atoms with Gasteiger partial charge in [0.05, 0.1) is 17.2 Å². The Morgan fingerprint density at radius 3 is 2.00 bits per heavy atom. The van der Waals surface area contributed by atoms with Crippen LogP contribution in [-0.4, -0.2) is 27.5 Å². The molecule has 0 aromatic heterocycles. The number of hydrogen-bond acceptors (Lipinski definition) is 4. The van der Waals surface area contributed by atoms with Gasteiger partial charge in [-0.05, 0) is 55.5 Å². The average molecular weight is 477 g/mol. The van der Waals surface area contributed by atoms with Gasteiger partial charge in [0.15, 0.2) is 0 Å². The van der Waals surface area contributed by atoms with E-state index in [1.165, 1.54) is 12.1 Å². The molecule has 5 nitrogen and oxygen atoms in total. The maximum absolute atomic E-state index is 13.0. The van der Waals surface area contributed by atoms with Gasteiger partial charge in [-0.25, -0.2) is 8.42 Å². The van der Waals surface area contributed by atoms with Crippen molar-refractivity contribution in [2.24, 2.45) is 0 Å². The summed E-state index contributed by atoms with van der Waals surface area (Å²) in [5, 5.41) is 0. The number of halogens is 2. The molecule has 8 heteroatoms. The van der Waals surface area contributed by atoms with Crippen molar-refractivity contribution < 1.29 is 17.9 Å². The molecular formula is C16H15Br2NO4S. The number of anilines is 1. The predicted octanol–water partition coefficient (Wildman–Crippen LogP) is 3.97. The summed E-state index contributed by atoms with van der Waals surface area (Å²) in [6, 6.07) is 12.9. The topological polar surface area (TPSA) is 63.7 Å². The summed E-state index contributed by atoms with van der Waals surface area (Å²) in [6.07, 6.45) is 0. The smallest absolute Gasteiger partial charge is 0.326 e. The Bertz CT molecular complexity index is 805.